The van der Waals surface area contributed by atoms with Gasteiger partial charge in [0.25, 0.3) is 0 Å². The number of fused-ring (bicyclic) bond motifs is 1. The van der Waals surface area contributed by atoms with Gasteiger partial charge in [-0.1, -0.05) is 0 Å². The standard InChI is InChI=1S/C10H8N2O4/c1-16-5-2-7-8(12-3-5)9(13)6(4-11-7)10(14)15/h2-4H,1H3,(H,11,13)(H,14,15). The Labute approximate surface area is 89.5 Å². The van der Waals surface area contributed by atoms with E-state index in [1.807, 2.05) is 0 Å². The number of hydrogen-bond donors (Lipinski definition) is 2. The van der Waals surface area contributed by atoms with E-state index in [1.165, 1.54) is 13.3 Å². The fourth-order valence-corrected chi connectivity index (χ4v) is 1.35. The highest BCUT2D eigenvalue weighted by molar-refractivity contribution is 5.91. The Balaban J connectivity index is 2.77. The van der Waals surface area contributed by atoms with Crippen LogP contribution in [-0.2, 0) is 0 Å². The number of aromatic carboxylic acids is 1. The molecule has 0 radical (unpaired) electrons. The molecule has 0 aromatic carbocycles. The smallest absolute Gasteiger partial charge is 0.341 e. The van der Waals surface area contributed by atoms with Crippen LogP contribution in [0.3, 0.4) is 0 Å². The number of nitrogens with zero attached hydrogens (tertiary/aromatic N) is 1. The highest BCUT2D eigenvalue weighted by Gasteiger charge is 2.12. The summed E-state index contributed by atoms with van der Waals surface area (Å²) in [5, 5.41) is 8.75. The van der Waals surface area contributed by atoms with E-state index < -0.39 is 11.4 Å². The van der Waals surface area contributed by atoms with E-state index in [-0.39, 0.29) is 11.1 Å². The summed E-state index contributed by atoms with van der Waals surface area (Å²) in [5.74, 6) is -0.785. The molecule has 2 rings (SSSR count). The van der Waals surface area contributed by atoms with Crippen molar-refractivity contribution in [1.82, 2.24) is 9.97 Å². The number of nitrogens with one attached hydrogen (secondary N) is 1. The molecule has 0 aliphatic carbocycles. The maximum absolute atomic E-state index is 11.7. The number of hydrogen-bond acceptors (Lipinski definition) is 4. The first kappa shape index (κ1) is 10.2. The second-order valence-corrected chi connectivity index (χ2v) is 3.11. The predicted octanol–water partition coefficient (Wildman–Crippen LogP) is 0.630. The molecule has 82 valence electrons. The van der Waals surface area contributed by atoms with E-state index in [2.05, 4.69) is 9.97 Å². The lowest BCUT2D eigenvalue weighted by molar-refractivity contribution is 0.0695. The molecule has 0 spiro atoms. The Bertz CT molecular complexity index is 618. The maximum atomic E-state index is 11.7. The van der Waals surface area contributed by atoms with Crippen LogP contribution in [-0.4, -0.2) is 28.2 Å². The summed E-state index contributed by atoms with van der Waals surface area (Å²) in [7, 11) is 1.48. The van der Waals surface area contributed by atoms with Gasteiger partial charge in [-0.3, -0.25) is 4.79 Å². The lowest BCUT2D eigenvalue weighted by atomic mass is 10.2. The van der Waals surface area contributed by atoms with Crippen LogP contribution in [0.4, 0.5) is 0 Å². The van der Waals surface area contributed by atoms with Crippen molar-refractivity contribution in [2.24, 2.45) is 0 Å². The molecule has 2 heterocycles. The molecule has 0 aliphatic heterocycles. The van der Waals surface area contributed by atoms with Crippen molar-refractivity contribution in [2.45, 2.75) is 0 Å². The summed E-state index contributed by atoms with van der Waals surface area (Å²) in [6, 6.07) is 1.58. The number of carbonyl (C=O) groups is 1. The van der Waals surface area contributed by atoms with E-state index in [1.54, 1.807) is 6.07 Å². The first-order chi connectivity index (χ1) is 7.63. The third kappa shape index (κ3) is 1.50. The minimum Gasteiger partial charge on any atom is -0.495 e. The molecule has 0 saturated heterocycles. The van der Waals surface area contributed by atoms with Crippen molar-refractivity contribution < 1.29 is 14.6 Å². The zero-order valence-corrected chi connectivity index (χ0v) is 8.35. The Morgan fingerprint density at radius 3 is 2.94 bits per heavy atom. The maximum Gasteiger partial charge on any atom is 0.341 e. The van der Waals surface area contributed by atoms with Crippen molar-refractivity contribution >= 4 is 17.0 Å². The van der Waals surface area contributed by atoms with Crippen molar-refractivity contribution in [3.8, 4) is 5.75 Å². The van der Waals surface area contributed by atoms with Gasteiger partial charge in [0.2, 0.25) is 5.43 Å². The zero-order chi connectivity index (χ0) is 11.7. The second-order valence-electron chi connectivity index (χ2n) is 3.11. The summed E-state index contributed by atoms with van der Waals surface area (Å²) in [6.07, 6.45) is 2.51. The van der Waals surface area contributed by atoms with E-state index in [9.17, 15) is 9.59 Å². The number of aromatic amines is 1. The number of ether oxygens (including phenoxy) is 1. The number of rotatable bonds is 2. The molecule has 6 heteroatoms. The molecule has 0 atom stereocenters. The van der Waals surface area contributed by atoms with Gasteiger partial charge in [0.1, 0.15) is 16.8 Å². The Morgan fingerprint density at radius 1 is 1.56 bits per heavy atom. The number of carboxylic acids is 1. The van der Waals surface area contributed by atoms with E-state index in [0.717, 1.165) is 6.20 Å². The minimum atomic E-state index is -1.28. The van der Waals surface area contributed by atoms with Crippen molar-refractivity contribution in [2.75, 3.05) is 7.11 Å². The number of aromatic nitrogens is 2. The average molecular weight is 220 g/mol. The SMILES string of the molecule is COc1cnc2c(=O)c(C(=O)O)c[nH]c2c1. The first-order valence-electron chi connectivity index (χ1n) is 4.42. The third-order valence-corrected chi connectivity index (χ3v) is 2.16. The fraction of sp³-hybridized carbons (Fsp3) is 0.100. The van der Waals surface area contributed by atoms with Crippen molar-refractivity contribution in [3.63, 3.8) is 0 Å². The molecule has 0 unspecified atom stereocenters. The first-order valence-corrected chi connectivity index (χ1v) is 4.42. The topological polar surface area (TPSA) is 92.3 Å². The molecule has 0 aliphatic rings. The Hall–Kier alpha value is -2.37. The van der Waals surface area contributed by atoms with Crippen LogP contribution < -0.4 is 10.2 Å². The molecule has 2 aromatic heterocycles. The Morgan fingerprint density at radius 2 is 2.31 bits per heavy atom. The zero-order valence-electron chi connectivity index (χ0n) is 8.35. The summed E-state index contributed by atoms with van der Waals surface area (Å²) in [6.45, 7) is 0. The van der Waals surface area contributed by atoms with Crippen LogP contribution >= 0.6 is 0 Å². The van der Waals surface area contributed by atoms with E-state index >= 15 is 0 Å². The molecule has 0 amide bonds. The van der Waals surface area contributed by atoms with Crippen LogP contribution in [0.25, 0.3) is 11.0 Å². The number of pyridine rings is 2. The van der Waals surface area contributed by atoms with Crippen molar-refractivity contribution in [1.29, 1.82) is 0 Å². The monoisotopic (exact) mass is 220 g/mol. The highest BCUT2D eigenvalue weighted by Crippen LogP contribution is 2.13. The van der Waals surface area contributed by atoms with Gasteiger partial charge in [-0.05, 0) is 0 Å². The number of H-pyrrole nitrogens is 1. The quantitative estimate of drug-likeness (QED) is 0.774. The van der Waals surface area contributed by atoms with Gasteiger partial charge in [-0.15, -0.1) is 0 Å². The molecular formula is C10H8N2O4. The van der Waals surface area contributed by atoms with Crippen LogP contribution in [0.2, 0.25) is 0 Å². The van der Waals surface area contributed by atoms with Gasteiger partial charge in [0.15, 0.2) is 0 Å². The Kier molecular flexibility index (Phi) is 2.32. The minimum absolute atomic E-state index is 0.0840. The second kappa shape index (κ2) is 3.65. The fourth-order valence-electron chi connectivity index (χ4n) is 1.35. The van der Waals surface area contributed by atoms with Crippen LogP contribution in [0.5, 0.6) is 5.75 Å². The molecule has 0 fully saturated rings. The highest BCUT2D eigenvalue weighted by atomic mass is 16.5. The van der Waals surface area contributed by atoms with Crippen LogP contribution in [0, 0.1) is 0 Å². The summed E-state index contributed by atoms with van der Waals surface area (Å²) < 4.78 is 4.94. The molecule has 2 aromatic rings. The largest absolute Gasteiger partial charge is 0.495 e. The normalized spacial score (nSPS) is 10.3. The lowest BCUT2D eigenvalue weighted by Crippen LogP contribution is -2.16. The molecular weight excluding hydrogens is 212 g/mol. The van der Waals surface area contributed by atoms with Crippen molar-refractivity contribution in [3.05, 3.63) is 34.2 Å². The number of methoxy groups -OCH3 is 1. The van der Waals surface area contributed by atoms with Gasteiger partial charge >= 0.3 is 5.97 Å². The van der Waals surface area contributed by atoms with E-state index in [0.29, 0.717) is 11.3 Å². The van der Waals surface area contributed by atoms with Crippen LogP contribution in [0.15, 0.2) is 23.3 Å². The van der Waals surface area contributed by atoms with Gasteiger partial charge in [0.05, 0.1) is 18.8 Å². The molecule has 0 saturated carbocycles. The summed E-state index contributed by atoms with van der Waals surface area (Å²) >= 11 is 0. The molecule has 0 bridgehead atoms. The number of carboxylic acid groups (broad SMARTS) is 1. The molecule has 2 N–H and O–H groups in total. The lowest BCUT2D eigenvalue weighted by Gasteiger charge is -2.02. The van der Waals surface area contributed by atoms with Crippen LogP contribution in [0.1, 0.15) is 10.4 Å². The molecule has 6 nitrogen and oxygen atoms in total. The van der Waals surface area contributed by atoms with Gasteiger partial charge < -0.3 is 14.8 Å². The van der Waals surface area contributed by atoms with Gasteiger partial charge in [-0.2, -0.15) is 0 Å². The van der Waals surface area contributed by atoms with Gasteiger partial charge in [0, 0.05) is 12.3 Å². The predicted molar refractivity (Wildman–Crippen MR) is 55.9 cm³/mol. The molecule has 16 heavy (non-hydrogen) atoms. The summed E-state index contributed by atoms with van der Waals surface area (Å²) in [5.41, 5.74) is -0.413. The summed E-state index contributed by atoms with van der Waals surface area (Å²) in [4.78, 5) is 28.9. The average Bonchev–Trinajstić information content (AvgIpc) is 2.28. The third-order valence-electron chi connectivity index (χ3n) is 2.16. The van der Waals surface area contributed by atoms with E-state index in [4.69, 9.17) is 9.84 Å². The van der Waals surface area contributed by atoms with Gasteiger partial charge in [-0.25, -0.2) is 9.78 Å².